The van der Waals surface area contributed by atoms with Gasteiger partial charge in [-0.2, -0.15) is 0 Å². The molecular weight excluding hydrogens is 327 g/mol. The second-order valence-corrected chi connectivity index (χ2v) is 6.16. The van der Waals surface area contributed by atoms with Crippen molar-refractivity contribution in [3.63, 3.8) is 0 Å². The number of hydrogen-bond acceptors (Lipinski definition) is 3. The molecule has 0 bridgehead atoms. The molecule has 7 heteroatoms. The van der Waals surface area contributed by atoms with Crippen molar-refractivity contribution < 1.29 is 14.7 Å². The molecule has 1 saturated carbocycles. The molecule has 1 aliphatic carbocycles. The van der Waals surface area contributed by atoms with Gasteiger partial charge in [-0.25, -0.2) is 0 Å². The Labute approximate surface area is 139 Å². The van der Waals surface area contributed by atoms with E-state index in [1.54, 1.807) is 18.2 Å². The highest BCUT2D eigenvalue weighted by Crippen LogP contribution is 2.29. The Morgan fingerprint density at radius 3 is 2.64 bits per heavy atom. The Balaban J connectivity index is 1.87. The van der Waals surface area contributed by atoms with Gasteiger partial charge in [-0.3, -0.25) is 9.59 Å². The van der Waals surface area contributed by atoms with Crippen LogP contribution in [0, 0.1) is 5.92 Å². The number of aliphatic hydroxyl groups excluding tert-OH is 1. The van der Waals surface area contributed by atoms with Crippen LogP contribution in [-0.4, -0.2) is 29.6 Å². The molecule has 1 aliphatic rings. The minimum Gasteiger partial charge on any atom is -0.393 e. The van der Waals surface area contributed by atoms with E-state index in [1.165, 1.54) is 0 Å². The average Bonchev–Trinajstić information content (AvgIpc) is 2.50. The van der Waals surface area contributed by atoms with Crippen LogP contribution in [0.25, 0.3) is 0 Å². The van der Waals surface area contributed by atoms with E-state index in [9.17, 15) is 14.7 Å². The molecule has 2 rings (SSSR count). The van der Waals surface area contributed by atoms with E-state index in [1.807, 2.05) is 0 Å². The number of amides is 2. The average molecular weight is 345 g/mol. The lowest BCUT2D eigenvalue weighted by atomic mass is 9.86. The number of aliphatic hydroxyl groups is 1. The van der Waals surface area contributed by atoms with Crippen LogP contribution in [0.1, 0.15) is 25.7 Å². The Morgan fingerprint density at radius 2 is 1.91 bits per heavy atom. The fourth-order valence-corrected chi connectivity index (χ4v) is 2.86. The highest BCUT2D eigenvalue weighted by molar-refractivity contribution is 6.45. The molecule has 3 N–H and O–H groups in total. The zero-order chi connectivity index (χ0) is 16.1. The quantitative estimate of drug-likeness (QED) is 0.737. The second-order valence-electron chi connectivity index (χ2n) is 5.38. The molecule has 0 heterocycles. The predicted molar refractivity (Wildman–Crippen MR) is 86.1 cm³/mol. The molecule has 0 aliphatic heterocycles. The van der Waals surface area contributed by atoms with Crippen LogP contribution < -0.4 is 10.6 Å². The summed E-state index contributed by atoms with van der Waals surface area (Å²) in [6.07, 6.45) is 3.20. The van der Waals surface area contributed by atoms with Crippen LogP contribution in [0.15, 0.2) is 18.2 Å². The van der Waals surface area contributed by atoms with Crippen molar-refractivity contribution in [1.29, 1.82) is 0 Å². The fourth-order valence-electron chi connectivity index (χ4n) is 2.51. The Morgan fingerprint density at radius 1 is 1.18 bits per heavy atom. The summed E-state index contributed by atoms with van der Waals surface area (Å²) in [6, 6.07) is 4.77. The zero-order valence-corrected chi connectivity index (χ0v) is 13.5. The van der Waals surface area contributed by atoms with Crippen molar-refractivity contribution in [1.82, 2.24) is 5.32 Å². The number of hydrogen-bond donors (Lipinski definition) is 3. The first-order valence-electron chi connectivity index (χ1n) is 7.20. The molecule has 1 aromatic carbocycles. The van der Waals surface area contributed by atoms with Crippen molar-refractivity contribution in [2.45, 2.75) is 31.8 Å². The van der Waals surface area contributed by atoms with E-state index in [0.717, 1.165) is 25.7 Å². The lowest BCUT2D eigenvalue weighted by Gasteiger charge is -2.27. The van der Waals surface area contributed by atoms with Crippen LogP contribution in [-0.2, 0) is 9.59 Å². The van der Waals surface area contributed by atoms with E-state index < -0.39 is 17.9 Å². The van der Waals surface area contributed by atoms with Crippen LogP contribution in [0.5, 0.6) is 0 Å². The maximum Gasteiger partial charge on any atom is 0.313 e. The lowest BCUT2D eigenvalue weighted by Crippen LogP contribution is -2.41. The molecule has 1 aromatic rings. The monoisotopic (exact) mass is 344 g/mol. The first-order valence-corrected chi connectivity index (χ1v) is 7.96. The Kier molecular flexibility index (Phi) is 6.06. The maximum absolute atomic E-state index is 11.8. The van der Waals surface area contributed by atoms with Gasteiger partial charge in [0.15, 0.2) is 0 Å². The van der Waals surface area contributed by atoms with E-state index >= 15 is 0 Å². The summed E-state index contributed by atoms with van der Waals surface area (Å²) < 4.78 is 0. The van der Waals surface area contributed by atoms with Crippen molar-refractivity contribution in [2.75, 3.05) is 11.9 Å². The summed E-state index contributed by atoms with van der Waals surface area (Å²) in [5, 5.41) is 15.3. The van der Waals surface area contributed by atoms with Gasteiger partial charge >= 0.3 is 11.8 Å². The van der Waals surface area contributed by atoms with Gasteiger partial charge in [-0.05, 0) is 25.0 Å². The summed E-state index contributed by atoms with van der Waals surface area (Å²) in [5.41, 5.74) is 0.284. The molecule has 5 nitrogen and oxygen atoms in total. The maximum atomic E-state index is 11.8. The SMILES string of the molecule is O=C(NC[C@H]1CCCC[C@H]1O)C(=O)Nc1cccc(Cl)c1Cl. The molecular formula is C15H18Cl2N2O3. The summed E-state index contributed by atoms with van der Waals surface area (Å²) in [7, 11) is 0. The normalized spacial score (nSPS) is 21.2. The zero-order valence-electron chi connectivity index (χ0n) is 11.9. The molecule has 2 atom stereocenters. The molecule has 120 valence electrons. The summed E-state index contributed by atoms with van der Waals surface area (Å²) >= 11 is 11.8. The standard InChI is InChI=1S/C15H18Cl2N2O3/c16-10-5-3-6-11(13(10)17)19-15(22)14(21)18-8-9-4-1-2-7-12(9)20/h3,5-6,9,12,20H,1-2,4,7-8H2,(H,18,21)(H,19,22)/t9-,12-/m1/s1. The van der Waals surface area contributed by atoms with Gasteiger partial charge in [0.2, 0.25) is 0 Å². The van der Waals surface area contributed by atoms with Gasteiger partial charge in [0.25, 0.3) is 0 Å². The van der Waals surface area contributed by atoms with Gasteiger partial charge < -0.3 is 15.7 Å². The molecule has 0 radical (unpaired) electrons. The highest BCUT2D eigenvalue weighted by Gasteiger charge is 2.24. The van der Waals surface area contributed by atoms with Crippen molar-refractivity contribution in [3.05, 3.63) is 28.2 Å². The van der Waals surface area contributed by atoms with Gasteiger partial charge in [-0.15, -0.1) is 0 Å². The van der Waals surface area contributed by atoms with Gasteiger partial charge in [0, 0.05) is 12.5 Å². The lowest BCUT2D eigenvalue weighted by molar-refractivity contribution is -0.136. The number of anilines is 1. The molecule has 0 saturated heterocycles. The largest absolute Gasteiger partial charge is 0.393 e. The summed E-state index contributed by atoms with van der Waals surface area (Å²) in [6.45, 7) is 0.288. The smallest absolute Gasteiger partial charge is 0.313 e. The van der Waals surface area contributed by atoms with Crippen molar-refractivity contribution in [3.8, 4) is 0 Å². The van der Waals surface area contributed by atoms with Gasteiger partial charge in [-0.1, -0.05) is 42.1 Å². The third-order valence-corrected chi connectivity index (χ3v) is 4.62. The van der Waals surface area contributed by atoms with Gasteiger partial charge in [0.05, 0.1) is 21.8 Å². The van der Waals surface area contributed by atoms with Crippen molar-refractivity contribution >= 4 is 40.7 Å². The molecule has 22 heavy (non-hydrogen) atoms. The third kappa shape index (κ3) is 4.35. The van der Waals surface area contributed by atoms with E-state index in [-0.39, 0.29) is 23.2 Å². The van der Waals surface area contributed by atoms with E-state index in [2.05, 4.69) is 10.6 Å². The van der Waals surface area contributed by atoms with Crippen LogP contribution in [0.2, 0.25) is 10.0 Å². The molecule has 2 amide bonds. The van der Waals surface area contributed by atoms with Crippen LogP contribution in [0.3, 0.4) is 0 Å². The fraction of sp³-hybridized carbons (Fsp3) is 0.467. The topological polar surface area (TPSA) is 78.4 Å². The number of rotatable bonds is 3. The minimum absolute atomic E-state index is 0.000239. The third-order valence-electron chi connectivity index (χ3n) is 3.80. The van der Waals surface area contributed by atoms with Crippen molar-refractivity contribution in [2.24, 2.45) is 5.92 Å². The molecule has 1 fully saturated rings. The second kappa shape index (κ2) is 7.81. The predicted octanol–water partition coefficient (Wildman–Crippen LogP) is 2.60. The van der Waals surface area contributed by atoms with Crippen LogP contribution >= 0.6 is 23.2 Å². The first kappa shape index (κ1) is 17.1. The number of halogens is 2. The Hall–Kier alpha value is -1.30. The molecule has 0 aromatic heterocycles. The van der Waals surface area contributed by atoms with Crippen LogP contribution in [0.4, 0.5) is 5.69 Å². The number of carbonyl (C=O) groups is 2. The van der Waals surface area contributed by atoms with E-state index in [4.69, 9.17) is 23.2 Å². The molecule has 0 unspecified atom stereocenters. The van der Waals surface area contributed by atoms with Gasteiger partial charge in [0.1, 0.15) is 0 Å². The highest BCUT2D eigenvalue weighted by atomic mass is 35.5. The Bertz CT molecular complexity index is 566. The number of carbonyl (C=O) groups excluding carboxylic acids is 2. The van der Waals surface area contributed by atoms with E-state index in [0.29, 0.717) is 5.02 Å². The number of benzene rings is 1. The first-order chi connectivity index (χ1) is 10.5. The molecule has 0 spiro atoms. The summed E-state index contributed by atoms with van der Waals surface area (Å²) in [4.78, 5) is 23.7. The minimum atomic E-state index is -0.811. The summed E-state index contributed by atoms with van der Waals surface area (Å²) in [5.74, 6) is -1.57. The number of nitrogens with one attached hydrogen (secondary N) is 2.